The van der Waals surface area contributed by atoms with Gasteiger partial charge >= 0.3 is 0 Å². The second-order valence-corrected chi connectivity index (χ2v) is 7.81. The molecule has 0 spiro atoms. The number of hydrogen-bond acceptors (Lipinski definition) is 6. The zero-order valence-electron chi connectivity index (χ0n) is 14.8. The number of thioether (sulfide) groups is 1. The first-order chi connectivity index (χ1) is 12.4. The lowest BCUT2D eigenvalue weighted by Crippen LogP contribution is -2.54. The quantitative estimate of drug-likeness (QED) is 0.755. The van der Waals surface area contributed by atoms with E-state index >= 15 is 0 Å². The number of rotatable bonds is 4. The molecule has 2 heterocycles. The number of hydrogen-bond donors (Lipinski definition) is 2. The number of amides is 3. The normalized spacial score (nSPS) is 24.2. The van der Waals surface area contributed by atoms with Crippen molar-refractivity contribution in [2.45, 2.75) is 30.7 Å². The van der Waals surface area contributed by atoms with Crippen LogP contribution in [0.25, 0.3) is 0 Å². The Balaban J connectivity index is 1.65. The summed E-state index contributed by atoms with van der Waals surface area (Å²) in [5, 5.41) is 0. The largest absolute Gasteiger partial charge is 0.497 e. The number of benzene rings is 1. The Morgan fingerprint density at radius 2 is 1.85 bits per heavy atom. The molecule has 3 amide bonds. The summed E-state index contributed by atoms with van der Waals surface area (Å²) in [4.78, 5) is 38.2. The molecule has 26 heavy (non-hydrogen) atoms. The SMILES string of the molecule is COc1cc(OC)cc(C(=O)NNC(=O)[C@@H]2CS[C@]3(C)CCC(=O)N23)c1. The van der Waals surface area contributed by atoms with E-state index < -0.39 is 17.9 Å². The fourth-order valence-corrected chi connectivity index (χ4v) is 4.66. The summed E-state index contributed by atoms with van der Waals surface area (Å²) in [6.07, 6.45) is 1.18. The van der Waals surface area contributed by atoms with Crippen molar-refractivity contribution in [1.29, 1.82) is 0 Å². The second-order valence-electron chi connectivity index (χ2n) is 6.31. The van der Waals surface area contributed by atoms with E-state index in [0.717, 1.165) is 6.42 Å². The summed E-state index contributed by atoms with van der Waals surface area (Å²) in [5.41, 5.74) is 5.09. The summed E-state index contributed by atoms with van der Waals surface area (Å²) in [6, 6.07) is 4.14. The Labute approximate surface area is 155 Å². The highest BCUT2D eigenvalue weighted by atomic mass is 32.2. The van der Waals surface area contributed by atoms with Crippen molar-refractivity contribution in [3.8, 4) is 11.5 Å². The zero-order chi connectivity index (χ0) is 18.9. The van der Waals surface area contributed by atoms with Gasteiger partial charge in [0, 0.05) is 23.8 Å². The molecule has 3 rings (SSSR count). The maximum Gasteiger partial charge on any atom is 0.269 e. The monoisotopic (exact) mass is 379 g/mol. The van der Waals surface area contributed by atoms with Crippen molar-refractivity contribution in [2.75, 3.05) is 20.0 Å². The van der Waals surface area contributed by atoms with Gasteiger partial charge in [0.25, 0.3) is 11.8 Å². The van der Waals surface area contributed by atoms with Gasteiger partial charge in [-0.25, -0.2) is 0 Å². The third kappa shape index (κ3) is 3.31. The van der Waals surface area contributed by atoms with Gasteiger partial charge < -0.3 is 14.4 Å². The zero-order valence-corrected chi connectivity index (χ0v) is 15.6. The molecule has 2 saturated heterocycles. The van der Waals surface area contributed by atoms with Crippen LogP contribution in [0.5, 0.6) is 11.5 Å². The minimum atomic E-state index is -0.583. The van der Waals surface area contributed by atoms with E-state index in [0.29, 0.717) is 23.7 Å². The molecule has 2 N–H and O–H groups in total. The first-order valence-electron chi connectivity index (χ1n) is 8.17. The maximum absolute atomic E-state index is 12.5. The average molecular weight is 379 g/mol. The van der Waals surface area contributed by atoms with E-state index in [2.05, 4.69) is 10.9 Å². The molecule has 140 valence electrons. The average Bonchev–Trinajstić information content (AvgIpc) is 3.14. The Morgan fingerprint density at radius 3 is 2.46 bits per heavy atom. The number of hydrazine groups is 1. The third-order valence-corrected chi connectivity index (χ3v) is 6.17. The highest BCUT2D eigenvalue weighted by Gasteiger charge is 2.52. The fourth-order valence-electron chi connectivity index (χ4n) is 3.23. The Kier molecular flexibility index (Phi) is 4.99. The number of nitrogens with zero attached hydrogens (tertiary/aromatic N) is 1. The van der Waals surface area contributed by atoms with Crippen LogP contribution in [-0.4, -0.2) is 53.5 Å². The van der Waals surface area contributed by atoms with E-state index in [1.54, 1.807) is 22.7 Å². The molecule has 0 bridgehead atoms. The molecule has 0 unspecified atom stereocenters. The van der Waals surface area contributed by atoms with Gasteiger partial charge in [0.05, 0.1) is 19.1 Å². The molecule has 8 nitrogen and oxygen atoms in total. The standard InChI is InChI=1S/C17H21N3O5S/c1-17-5-4-14(21)20(17)13(9-26-17)16(23)19-18-15(22)10-6-11(24-2)8-12(7-10)25-3/h6-8,13H,4-5,9H2,1-3H3,(H,18,22)(H,19,23)/t13-,17+/m0/s1. The lowest BCUT2D eigenvalue weighted by atomic mass is 10.2. The molecule has 1 aromatic rings. The Morgan fingerprint density at radius 1 is 1.19 bits per heavy atom. The van der Waals surface area contributed by atoms with Gasteiger partial charge in [0.15, 0.2) is 0 Å². The van der Waals surface area contributed by atoms with Crippen LogP contribution in [0.1, 0.15) is 30.1 Å². The number of methoxy groups -OCH3 is 2. The van der Waals surface area contributed by atoms with Crippen LogP contribution in [0, 0.1) is 0 Å². The van der Waals surface area contributed by atoms with Crippen molar-refractivity contribution in [3.05, 3.63) is 23.8 Å². The lowest BCUT2D eigenvalue weighted by Gasteiger charge is -2.29. The fraction of sp³-hybridized carbons (Fsp3) is 0.471. The highest BCUT2D eigenvalue weighted by Crippen LogP contribution is 2.47. The molecular formula is C17H21N3O5S. The van der Waals surface area contributed by atoms with E-state index in [9.17, 15) is 14.4 Å². The van der Waals surface area contributed by atoms with Crippen LogP contribution in [0.4, 0.5) is 0 Å². The van der Waals surface area contributed by atoms with Crippen LogP contribution in [0.2, 0.25) is 0 Å². The lowest BCUT2D eigenvalue weighted by molar-refractivity contribution is -0.138. The number of carbonyl (C=O) groups is 3. The number of fused-ring (bicyclic) bond motifs is 1. The van der Waals surface area contributed by atoms with Crippen LogP contribution >= 0.6 is 11.8 Å². The summed E-state index contributed by atoms with van der Waals surface area (Å²) in [7, 11) is 2.97. The number of carbonyl (C=O) groups excluding carboxylic acids is 3. The van der Waals surface area contributed by atoms with Gasteiger partial charge in [0.1, 0.15) is 17.5 Å². The molecule has 2 atom stereocenters. The molecule has 9 heteroatoms. The molecule has 0 aliphatic carbocycles. The first kappa shape index (κ1) is 18.4. The Hall–Kier alpha value is -2.42. The van der Waals surface area contributed by atoms with Crippen LogP contribution in [0.15, 0.2) is 18.2 Å². The molecule has 0 aromatic heterocycles. The van der Waals surface area contributed by atoms with Crippen LogP contribution < -0.4 is 20.3 Å². The predicted octanol–water partition coefficient (Wildman–Crippen LogP) is 0.919. The van der Waals surface area contributed by atoms with Gasteiger partial charge in [-0.3, -0.25) is 25.2 Å². The van der Waals surface area contributed by atoms with E-state index in [4.69, 9.17) is 9.47 Å². The second kappa shape index (κ2) is 7.06. The topological polar surface area (TPSA) is 97.0 Å². The summed E-state index contributed by atoms with van der Waals surface area (Å²) in [6.45, 7) is 1.97. The number of nitrogens with one attached hydrogen (secondary N) is 2. The molecule has 2 fully saturated rings. The number of ether oxygens (including phenoxy) is 2. The first-order valence-corrected chi connectivity index (χ1v) is 9.16. The highest BCUT2D eigenvalue weighted by molar-refractivity contribution is 8.01. The molecule has 0 radical (unpaired) electrons. The molecule has 2 aliphatic rings. The predicted molar refractivity (Wildman–Crippen MR) is 95.9 cm³/mol. The van der Waals surface area contributed by atoms with Gasteiger partial charge in [0.2, 0.25) is 5.91 Å². The van der Waals surface area contributed by atoms with Gasteiger partial charge in [-0.1, -0.05) is 0 Å². The maximum atomic E-state index is 12.5. The summed E-state index contributed by atoms with van der Waals surface area (Å²) < 4.78 is 10.3. The molecule has 1 aromatic carbocycles. The van der Waals surface area contributed by atoms with Crippen molar-refractivity contribution in [1.82, 2.24) is 15.8 Å². The molecular weight excluding hydrogens is 358 g/mol. The minimum absolute atomic E-state index is 0.0264. The minimum Gasteiger partial charge on any atom is -0.497 e. The van der Waals surface area contributed by atoms with Crippen molar-refractivity contribution < 1.29 is 23.9 Å². The van der Waals surface area contributed by atoms with Gasteiger partial charge in [-0.2, -0.15) is 0 Å². The van der Waals surface area contributed by atoms with E-state index in [-0.39, 0.29) is 16.3 Å². The van der Waals surface area contributed by atoms with Crippen molar-refractivity contribution in [3.63, 3.8) is 0 Å². The van der Waals surface area contributed by atoms with E-state index in [1.165, 1.54) is 26.4 Å². The molecule has 0 saturated carbocycles. The van der Waals surface area contributed by atoms with Crippen molar-refractivity contribution >= 4 is 29.5 Å². The summed E-state index contributed by atoms with van der Waals surface area (Å²) in [5.74, 6) is 0.507. The van der Waals surface area contributed by atoms with E-state index in [1.807, 2.05) is 6.92 Å². The van der Waals surface area contributed by atoms with Crippen molar-refractivity contribution in [2.24, 2.45) is 0 Å². The van der Waals surface area contributed by atoms with Crippen LogP contribution in [0.3, 0.4) is 0 Å². The van der Waals surface area contributed by atoms with Crippen LogP contribution in [-0.2, 0) is 9.59 Å². The Bertz CT molecular complexity index is 734. The molecule has 2 aliphatic heterocycles. The van der Waals surface area contributed by atoms with Gasteiger partial charge in [-0.15, -0.1) is 11.8 Å². The third-order valence-electron chi connectivity index (χ3n) is 4.66. The van der Waals surface area contributed by atoms with Gasteiger partial charge in [-0.05, 0) is 25.5 Å². The summed E-state index contributed by atoms with van der Waals surface area (Å²) >= 11 is 1.59. The smallest absolute Gasteiger partial charge is 0.269 e.